The fraction of sp³-hybridized carbons (Fsp3) is 0.261. The molecular weight excluding hydrogens is 833 g/mol. The first-order valence-electron chi connectivity index (χ1n) is 17.8. The number of hydrogen-bond acceptors (Lipinski definition) is 3. The minimum Gasteiger partial charge on any atom is -0.305 e. The van der Waals surface area contributed by atoms with Gasteiger partial charge in [0.1, 0.15) is 0 Å². The van der Waals surface area contributed by atoms with Gasteiger partial charge in [0, 0.05) is 37.2 Å². The van der Waals surface area contributed by atoms with E-state index in [2.05, 4.69) is 156 Å². The van der Waals surface area contributed by atoms with Crippen molar-refractivity contribution in [2.45, 2.75) is 66.6 Å². The second-order valence-electron chi connectivity index (χ2n) is 15.1. The molecule has 0 fully saturated rings. The molecule has 3 aromatic heterocycles. The zero-order chi connectivity index (χ0) is 35.4. The van der Waals surface area contributed by atoms with Crippen molar-refractivity contribution in [1.82, 2.24) is 9.97 Å². The fourth-order valence-electron chi connectivity index (χ4n) is 6.47. The van der Waals surface area contributed by atoms with E-state index in [-0.39, 0.29) is 20.1 Å². The van der Waals surface area contributed by atoms with Crippen LogP contribution in [0.5, 0.6) is 0 Å². The summed E-state index contributed by atoms with van der Waals surface area (Å²) < 4.78 is 2.57. The normalized spacial score (nSPS) is 12.1. The Morgan fingerprint density at radius 3 is 2.16 bits per heavy atom. The number of pyridine rings is 2. The molecule has 0 saturated heterocycles. The second kappa shape index (κ2) is 16.7. The van der Waals surface area contributed by atoms with Crippen LogP contribution in [0.15, 0.2) is 116 Å². The standard InChI is InChI=1S/C28H24NS.C18H24NSi.Ir/c1-18(2)19(3)21-14-15-29-26(16-21)25-11-7-10-24-23-13-12-22(17-27(23)30-28(24)25)20-8-5-4-6-9-20;1-14(2)11-16-12-17(15-9-7-6-8-10-15)19-13-18(16)20(3,4)5;/h4-10,12-19H,1-3H3;6-9,12-14H,11H2,1-5H3;/q2*-1;. The van der Waals surface area contributed by atoms with Gasteiger partial charge in [-0.25, -0.2) is 0 Å². The Hall–Kier alpha value is -3.73. The van der Waals surface area contributed by atoms with Gasteiger partial charge in [-0.2, -0.15) is 11.3 Å². The van der Waals surface area contributed by atoms with Gasteiger partial charge in [-0.05, 0) is 74.1 Å². The summed E-state index contributed by atoms with van der Waals surface area (Å²) in [6, 6.07) is 43.1. The molecule has 51 heavy (non-hydrogen) atoms. The Balaban J connectivity index is 0.000000211. The van der Waals surface area contributed by atoms with Gasteiger partial charge >= 0.3 is 0 Å². The van der Waals surface area contributed by atoms with E-state index < -0.39 is 8.07 Å². The Morgan fingerprint density at radius 1 is 0.706 bits per heavy atom. The molecule has 263 valence electrons. The van der Waals surface area contributed by atoms with Gasteiger partial charge in [-0.1, -0.05) is 125 Å². The van der Waals surface area contributed by atoms with Crippen molar-refractivity contribution in [3.63, 3.8) is 0 Å². The summed E-state index contributed by atoms with van der Waals surface area (Å²) >= 11 is 1.84. The molecule has 0 saturated carbocycles. The molecule has 5 heteroatoms. The predicted octanol–water partition coefficient (Wildman–Crippen LogP) is 12.6. The maximum absolute atomic E-state index is 4.71. The summed E-state index contributed by atoms with van der Waals surface area (Å²) in [5, 5.41) is 4.08. The molecule has 2 nitrogen and oxygen atoms in total. The Morgan fingerprint density at radius 2 is 1.47 bits per heavy atom. The van der Waals surface area contributed by atoms with Crippen LogP contribution in [-0.4, -0.2) is 18.0 Å². The van der Waals surface area contributed by atoms with Gasteiger partial charge in [-0.15, -0.1) is 59.7 Å². The predicted molar refractivity (Wildman–Crippen MR) is 220 cm³/mol. The third kappa shape index (κ3) is 9.02. The van der Waals surface area contributed by atoms with E-state index in [0.29, 0.717) is 17.8 Å². The zero-order valence-corrected chi connectivity index (χ0v) is 35.3. The summed E-state index contributed by atoms with van der Waals surface area (Å²) in [7, 11) is -1.34. The first-order chi connectivity index (χ1) is 24.0. The van der Waals surface area contributed by atoms with Crippen molar-refractivity contribution in [3.05, 3.63) is 139 Å². The van der Waals surface area contributed by atoms with Crippen molar-refractivity contribution in [2.75, 3.05) is 0 Å². The molecule has 0 aliphatic carbocycles. The molecule has 0 bridgehead atoms. The monoisotopic (exact) mass is 881 g/mol. The fourth-order valence-corrected chi connectivity index (χ4v) is 9.31. The maximum atomic E-state index is 4.71. The number of thiophene rings is 1. The quantitative estimate of drug-likeness (QED) is 0.112. The molecule has 7 aromatic rings. The van der Waals surface area contributed by atoms with Gasteiger partial charge in [0.2, 0.25) is 0 Å². The van der Waals surface area contributed by atoms with E-state index >= 15 is 0 Å². The van der Waals surface area contributed by atoms with Crippen LogP contribution in [0, 0.1) is 24.0 Å². The number of nitrogens with zero attached hydrogens (tertiary/aromatic N) is 2. The first kappa shape index (κ1) is 38.5. The van der Waals surface area contributed by atoms with Crippen LogP contribution in [0.25, 0.3) is 53.8 Å². The van der Waals surface area contributed by atoms with Crippen LogP contribution in [0.3, 0.4) is 0 Å². The summed E-state index contributed by atoms with van der Waals surface area (Å²) in [4.78, 5) is 9.40. The SMILES string of the molecule is CC(C)C(C)c1ccnc(-c2[c-]ccc3c2sc2cc(-c4ccccc4)ccc23)c1.CC(C)Cc1cc(-c2[c-]cccc2)ncc1[Si](C)(C)C.[Ir]. The largest absolute Gasteiger partial charge is 0.305 e. The molecule has 1 atom stereocenters. The molecule has 1 radical (unpaired) electrons. The average molecular weight is 881 g/mol. The van der Waals surface area contributed by atoms with Gasteiger partial charge in [0.25, 0.3) is 0 Å². The summed E-state index contributed by atoms with van der Waals surface area (Å²) in [5.74, 6) is 1.77. The van der Waals surface area contributed by atoms with E-state index in [1.807, 2.05) is 41.8 Å². The van der Waals surface area contributed by atoms with Crippen LogP contribution < -0.4 is 5.19 Å². The third-order valence-electron chi connectivity index (χ3n) is 9.52. The molecule has 3 heterocycles. The molecule has 4 aromatic carbocycles. The number of hydrogen-bond donors (Lipinski definition) is 0. The van der Waals surface area contributed by atoms with Crippen molar-refractivity contribution in [3.8, 4) is 33.6 Å². The third-order valence-corrected chi connectivity index (χ3v) is 12.8. The molecule has 0 aliphatic rings. The van der Waals surface area contributed by atoms with E-state index in [1.165, 1.54) is 47.6 Å². The minimum absolute atomic E-state index is 0. The van der Waals surface area contributed by atoms with Crippen LogP contribution in [0.4, 0.5) is 0 Å². The van der Waals surface area contributed by atoms with Gasteiger partial charge in [-0.3, -0.25) is 0 Å². The Kier molecular flexibility index (Phi) is 12.6. The molecule has 0 amide bonds. The van der Waals surface area contributed by atoms with Crippen molar-refractivity contribution in [2.24, 2.45) is 11.8 Å². The van der Waals surface area contributed by atoms with Crippen LogP contribution in [0.1, 0.15) is 51.7 Å². The van der Waals surface area contributed by atoms with E-state index in [1.54, 1.807) is 0 Å². The van der Waals surface area contributed by atoms with Crippen LogP contribution in [-0.2, 0) is 26.5 Å². The summed E-state index contributed by atoms with van der Waals surface area (Å²) in [6.07, 6.45) is 5.18. The molecule has 0 aliphatic heterocycles. The average Bonchev–Trinajstić information content (AvgIpc) is 3.50. The van der Waals surface area contributed by atoms with Gasteiger partial charge < -0.3 is 9.97 Å². The first-order valence-corrected chi connectivity index (χ1v) is 22.2. The number of aromatic nitrogens is 2. The number of fused-ring (bicyclic) bond motifs is 3. The number of rotatable bonds is 8. The van der Waals surface area contributed by atoms with E-state index in [9.17, 15) is 0 Å². The molecular formula is C46H48IrN2SSi-2. The van der Waals surface area contributed by atoms with Crippen molar-refractivity contribution in [1.29, 1.82) is 0 Å². The minimum atomic E-state index is -1.34. The molecule has 1 unspecified atom stereocenters. The van der Waals surface area contributed by atoms with Gasteiger partial charge in [0.15, 0.2) is 0 Å². The zero-order valence-electron chi connectivity index (χ0n) is 31.0. The Labute approximate surface area is 323 Å². The van der Waals surface area contributed by atoms with Crippen molar-refractivity contribution >= 4 is 44.8 Å². The molecule has 0 N–H and O–H groups in total. The van der Waals surface area contributed by atoms with Gasteiger partial charge in [0.05, 0.1) is 8.07 Å². The molecule has 7 rings (SSSR count). The number of benzene rings is 4. The Bertz CT molecular complexity index is 2200. The van der Waals surface area contributed by atoms with E-state index in [0.717, 1.165) is 28.9 Å². The topological polar surface area (TPSA) is 25.8 Å². The second-order valence-corrected chi connectivity index (χ2v) is 21.2. The summed E-state index contributed by atoms with van der Waals surface area (Å²) in [6.45, 7) is 18.6. The van der Waals surface area contributed by atoms with Crippen LogP contribution >= 0.6 is 11.3 Å². The van der Waals surface area contributed by atoms with E-state index in [4.69, 9.17) is 4.98 Å². The van der Waals surface area contributed by atoms with Crippen LogP contribution in [0.2, 0.25) is 19.6 Å². The van der Waals surface area contributed by atoms with Crippen molar-refractivity contribution < 1.29 is 20.1 Å². The smallest absolute Gasteiger partial charge is 0.0798 e. The molecule has 0 spiro atoms. The summed E-state index contributed by atoms with van der Waals surface area (Å²) in [5.41, 5.74) is 9.57. The maximum Gasteiger partial charge on any atom is 0.0798 e.